The lowest BCUT2D eigenvalue weighted by atomic mass is 9.90. The zero-order valence-corrected chi connectivity index (χ0v) is 11.6. The summed E-state index contributed by atoms with van der Waals surface area (Å²) in [4.78, 5) is 5.90. The molecule has 3 rings (SSSR count). The first kappa shape index (κ1) is 13.5. The van der Waals surface area contributed by atoms with Gasteiger partial charge in [0.15, 0.2) is 5.96 Å². The van der Waals surface area contributed by atoms with Gasteiger partial charge in [-0.05, 0) is 31.2 Å². The number of halogens is 2. The largest absolute Gasteiger partial charge is 0.369 e. The Balaban J connectivity index is 2.13. The Morgan fingerprint density at radius 2 is 1.90 bits per heavy atom. The van der Waals surface area contributed by atoms with Crippen LogP contribution in [0, 0.1) is 11.6 Å². The van der Waals surface area contributed by atoms with Crippen molar-refractivity contribution in [1.29, 1.82) is 0 Å². The van der Waals surface area contributed by atoms with E-state index >= 15 is 0 Å². The molecule has 1 heterocycles. The third-order valence-electron chi connectivity index (χ3n) is 3.79. The van der Waals surface area contributed by atoms with Crippen LogP contribution >= 0.6 is 0 Å². The first-order valence-corrected chi connectivity index (χ1v) is 6.63. The molecule has 0 amide bonds. The van der Waals surface area contributed by atoms with Crippen LogP contribution in [0.1, 0.15) is 12.5 Å². The summed E-state index contributed by atoms with van der Waals surface area (Å²) in [6.07, 6.45) is 0. The van der Waals surface area contributed by atoms with E-state index < -0.39 is 5.54 Å². The second kappa shape index (κ2) is 4.84. The molecule has 0 aromatic heterocycles. The van der Waals surface area contributed by atoms with Crippen molar-refractivity contribution in [2.75, 3.05) is 11.4 Å². The van der Waals surface area contributed by atoms with E-state index in [0.29, 0.717) is 17.8 Å². The fourth-order valence-corrected chi connectivity index (χ4v) is 2.77. The molecule has 0 fully saturated rings. The summed E-state index contributed by atoms with van der Waals surface area (Å²) in [6.45, 7) is 2.16. The Bertz CT molecular complexity index is 714. The molecular formula is C16H15F2N3. The number of hydrogen-bond acceptors (Lipinski definition) is 3. The standard InChI is InChI=1S/C16H15F2N3/c1-16(13-7-2-3-8-14(13)18)10-20-15(19)21(16)12-6-4-5-11(17)9-12/h2-9H,10H2,1H3,(H2,19,20). The van der Waals surface area contributed by atoms with Crippen molar-refractivity contribution in [2.24, 2.45) is 10.7 Å². The van der Waals surface area contributed by atoms with Crippen molar-refractivity contribution in [3.8, 4) is 0 Å². The maximum Gasteiger partial charge on any atom is 0.196 e. The Morgan fingerprint density at radius 3 is 2.62 bits per heavy atom. The second-order valence-corrected chi connectivity index (χ2v) is 5.24. The van der Waals surface area contributed by atoms with E-state index in [-0.39, 0.29) is 17.6 Å². The SMILES string of the molecule is CC1(c2ccccc2F)CN=C(N)N1c1cccc(F)c1. The highest BCUT2D eigenvalue weighted by Crippen LogP contribution is 2.37. The highest BCUT2D eigenvalue weighted by molar-refractivity contribution is 5.98. The summed E-state index contributed by atoms with van der Waals surface area (Å²) in [6, 6.07) is 12.6. The number of aliphatic imine (C=N–C) groups is 1. The molecular weight excluding hydrogens is 272 g/mol. The number of anilines is 1. The van der Waals surface area contributed by atoms with E-state index in [0.717, 1.165) is 0 Å². The number of benzene rings is 2. The van der Waals surface area contributed by atoms with Gasteiger partial charge < -0.3 is 10.6 Å². The van der Waals surface area contributed by atoms with Crippen LogP contribution in [-0.4, -0.2) is 12.5 Å². The molecule has 1 atom stereocenters. The van der Waals surface area contributed by atoms with Crippen molar-refractivity contribution in [1.82, 2.24) is 0 Å². The van der Waals surface area contributed by atoms with Gasteiger partial charge in [0.25, 0.3) is 0 Å². The highest BCUT2D eigenvalue weighted by Gasteiger charge is 2.42. The van der Waals surface area contributed by atoms with Gasteiger partial charge in [-0.3, -0.25) is 4.99 Å². The number of rotatable bonds is 2. The maximum absolute atomic E-state index is 14.2. The molecule has 2 N–H and O–H groups in total. The second-order valence-electron chi connectivity index (χ2n) is 5.24. The summed E-state index contributed by atoms with van der Waals surface area (Å²) in [5, 5.41) is 0. The zero-order valence-electron chi connectivity index (χ0n) is 11.6. The highest BCUT2D eigenvalue weighted by atomic mass is 19.1. The van der Waals surface area contributed by atoms with Crippen LogP contribution in [-0.2, 0) is 5.54 Å². The van der Waals surface area contributed by atoms with E-state index in [2.05, 4.69) is 4.99 Å². The van der Waals surface area contributed by atoms with Crippen molar-refractivity contribution >= 4 is 11.6 Å². The normalized spacial score (nSPS) is 21.5. The summed E-state index contributed by atoms with van der Waals surface area (Å²) < 4.78 is 27.7. The Labute approximate surface area is 121 Å². The van der Waals surface area contributed by atoms with Gasteiger partial charge in [0.05, 0.1) is 12.1 Å². The van der Waals surface area contributed by atoms with Crippen LogP contribution in [0.2, 0.25) is 0 Å². The molecule has 1 unspecified atom stereocenters. The summed E-state index contributed by atoms with van der Waals surface area (Å²) in [7, 11) is 0. The van der Waals surface area contributed by atoms with Crippen LogP contribution in [0.25, 0.3) is 0 Å². The van der Waals surface area contributed by atoms with Crippen molar-refractivity contribution in [3.63, 3.8) is 0 Å². The quantitative estimate of drug-likeness (QED) is 0.922. The summed E-state index contributed by atoms with van der Waals surface area (Å²) >= 11 is 0. The average molecular weight is 287 g/mol. The molecule has 5 heteroatoms. The van der Waals surface area contributed by atoms with E-state index in [4.69, 9.17) is 5.73 Å². The van der Waals surface area contributed by atoms with Gasteiger partial charge in [0.1, 0.15) is 11.6 Å². The van der Waals surface area contributed by atoms with Crippen molar-refractivity contribution in [2.45, 2.75) is 12.5 Å². The Morgan fingerprint density at radius 1 is 1.14 bits per heavy atom. The van der Waals surface area contributed by atoms with Crippen LogP contribution < -0.4 is 10.6 Å². The number of guanidine groups is 1. The first-order valence-electron chi connectivity index (χ1n) is 6.63. The van der Waals surface area contributed by atoms with Gasteiger partial charge in [-0.2, -0.15) is 0 Å². The predicted molar refractivity (Wildman–Crippen MR) is 79.1 cm³/mol. The van der Waals surface area contributed by atoms with Gasteiger partial charge in [-0.1, -0.05) is 24.3 Å². The van der Waals surface area contributed by atoms with Gasteiger partial charge in [-0.25, -0.2) is 8.78 Å². The van der Waals surface area contributed by atoms with Crippen LogP contribution in [0.4, 0.5) is 14.5 Å². The van der Waals surface area contributed by atoms with Crippen LogP contribution in [0.3, 0.4) is 0 Å². The van der Waals surface area contributed by atoms with Crippen LogP contribution in [0.5, 0.6) is 0 Å². The molecule has 108 valence electrons. The minimum atomic E-state index is -0.775. The molecule has 0 saturated heterocycles. The smallest absolute Gasteiger partial charge is 0.196 e. The third kappa shape index (κ3) is 2.14. The van der Waals surface area contributed by atoms with Gasteiger partial charge in [0, 0.05) is 11.3 Å². The average Bonchev–Trinajstić information content (AvgIpc) is 2.76. The predicted octanol–water partition coefficient (Wildman–Crippen LogP) is 3.01. The molecule has 0 saturated carbocycles. The van der Waals surface area contributed by atoms with Crippen molar-refractivity contribution < 1.29 is 8.78 Å². The van der Waals surface area contributed by atoms with E-state index in [1.54, 1.807) is 35.2 Å². The Kier molecular flexibility index (Phi) is 3.12. The van der Waals surface area contributed by atoms with Gasteiger partial charge >= 0.3 is 0 Å². The molecule has 2 aromatic rings. The van der Waals surface area contributed by atoms with E-state index in [1.807, 2.05) is 6.92 Å². The summed E-state index contributed by atoms with van der Waals surface area (Å²) in [5.41, 5.74) is 6.22. The van der Waals surface area contributed by atoms with Gasteiger partial charge in [0.2, 0.25) is 0 Å². The minimum Gasteiger partial charge on any atom is -0.369 e. The molecule has 1 aliphatic heterocycles. The summed E-state index contributed by atoms with van der Waals surface area (Å²) in [5.74, 6) is -0.444. The van der Waals surface area contributed by atoms with E-state index in [1.165, 1.54) is 18.2 Å². The topological polar surface area (TPSA) is 41.6 Å². The third-order valence-corrected chi connectivity index (χ3v) is 3.79. The number of nitrogens with zero attached hydrogens (tertiary/aromatic N) is 2. The molecule has 21 heavy (non-hydrogen) atoms. The first-order chi connectivity index (χ1) is 10.0. The molecule has 2 aromatic carbocycles. The monoisotopic (exact) mass is 287 g/mol. The van der Waals surface area contributed by atoms with E-state index in [9.17, 15) is 8.78 Å². The number of nitrogens with two attached hydrogens (primary N) is 1. The maximum atomic E-state index is 14.2. The minimum absolute atomic E-state index is 0.256. The Hall–Kier alpha value is -2.43. The molecule has 0 radical (unpaired) electrons. The molecule has 0 aliphatic carbocycles. The lowest BCUT2D eigenvalue weighted by Crippen LogP contribution is -2.48. The van der Waals surface area contributed by atoms with Gasteiger partial charge in [-0.15, -0.1) is 0 Å². The van der Waals surface area contributed by atoms with Crippen LogP contribution in [0.15, 0.2) is 53.5 Å². The molecule has 1 aliphatic rings. The zero-order chi connectivity index (χ0) is 15.0. The molecule has 0 spiro atoms. The lowest BCUT2D eigenvalue weighted by Gasteiger charge is -2.36. The molecule has 3 nitrogen and oxygen atoms in total. The van der Waals surface area contributed by atoms with Crippen molar-refractivity contribution in [3.05, 3.63) is 65.7 Å². The lowest BCUT2D eigenvalue weighted by molar-refractivity contribution is 0.488. The number of hydrogen-bond donors (Lipinski definition) is 1. The fourth-order valence-electron chi connectivity index (χ4n) is 2.77. The molecule has 0 bridgehead atoms. The fraction of sp³-hybridized carbons (Fsp3) is 0.188.